The molecule has 5 heteroatoms. The van der Waals surface area contributed by atoms with Crippen LogP contribution in [0.1, 0.15) is 22.4 Å². The SMILES string of the molecule is Cc1cccc(NC(=O)Cc2c(-c3ccc(F)c(C)c3)nc3ccc(C)cn23)c1. The Hall–Kier alpha value is -3.47. The maximum atomic E-state index is 13.8. The first-order valence-corrected chi connectivity index (χ1v) is 9.51. The lowest BCUT2D eigenvalue weighted by molar-refractivity contribution is -0.115. The molecule has 2 aromatic heterocycles. The predicted octanol–water partition coefficient (Wildman–Crippen LogP) is 5.25. The highest BCUT2D eigenvalue weighted by Crippen LogP contribution is 2.27. The summed E-state index contributed by atoms with van der Waals surface area (Å²) in [5, 5.41) is 2.96. The quantitative estimate of drug-likeness (QED) is 0.520. The average Bonchev–Trinajstić information content (AvgIpc) is 3.01. The van der Waals surface area contributed by atoms with Crippen molar-refractivity contribution in [3.05, 3.63) is 89.0 Å². The molecule has 1 N–H and O–H groups in total. The zero-order valence-electron chi connectivity index (χ0n) is 16.7. The van der Waals surface area contributed by atoms with Crippen LogP contribution in [0.25, 0.3) is 16.9 Å². The number of benzene rings is 2. The Morgan fingerprint density at radius 1 is 1.03 bits per heavy atom. The number of hydrogen-bond donors (Lipinski definition) is 1. The smallest absolute Gasteiger partial charge is 0.230 e. The number of halogens is 1. The van der Waals surface area contributed by atoms with Gasteiger partial charge in [-0.1, -0.05) is 18.2 Å². The van der Waals surface area contributed by atoms with Crippen LogP contribution in [0.2, 0.25) is 0 Å². The zero-order valence-corrected chi connectivity index (χ0v) is 16.7. The number of imidazole rings is 1. The number of nitrogens with zero attached hydrogens (tertiary/aromatic N) is 2. The van der Waals surface area contributed by atoms with Crippen molar-refractivity contribution in [1.29, 1.82) is 0 Å². The number of hydrogen-bond acceptors (Lipinski definition) is 2. The molecular formula is C24H22FN3O. The van der Waals surface area contributed by atoms with Gasteiger partial charge in [0.05, 0.1) is 17.8 Å². The van der Waals surface area contributed by atoms with Gasteiger partial charge in [0.15, 0.2) is 0 Å². The van der Waals surface area contributed by atoms with Crippen LogP contribution in [-0.2, 0) is 11.2 Å². The van der Waals surface area contributed by atoms with Crippen molar-refractivity contribution in [1.82, 2.24) is 9.38 Å². The van der Waals surface area contributed by atoms with Crippen molar-refractivity contribution < 1.29 is 9.18 Å². The molecule has 0 unspecified atom stereocenters. The second kappa shape index (κ2) is 7.51. The number of nitrogens with one attached hydrogen (secondary N) is 1. The number of anilines is 1. The van der Waals surface area contributed by atoms with E-state index in [-0.39, 0.29) is 18.1 Å². The molecule has 0 radical (unpaired) electrons. The lowest BCUT2D eigenvalue weighted by Crippen LogP contribution is -2.16. The average molecular weight is 387 g/mol. The normalized spacial score (nSPS) is 11.0. The van der Waals surface area contributed by atoms with Crippen LogP contribution in [0.15, 0.2) is 60.8 Å². The van der Waals surface area contributed by atoms with E-state index in [2.05, 4.69) is 5.32 Å². The topological polar surface area (TPSA) is 46.4 Å². The van der Waals surface area contributed by atoms with E-state index < -0.39 is 0 Å². The Labute approximate surface area is 169 Å². The van der Waals surface area contributed by atoms with Gasteiger partial charge in [-0.3, -0.25) is 4.79 Å². The van der Waals surface area contributed by atoms with E-state index in [1.165, 1.54) is 6.07 Å². The Morgan fingerprint density at radius 3 is 2.62 bits per heavy atom. The molecular weight excluding hydrogens is 365 g/mol. The van der Waals surface area contributed by atoms with Crippen molar-refractivity contribution in [2.75, 3.05) is 5.32 Å². The number of carbonyl (C=O) groups excluding carboxylic acids is 1. The molecule has 4 rings (SSSR count). The largest absolute Gasteiger partial charge is 0.326 e. The highest BCUT2D eigenvalue weighted by Gasteiger charge is 2.18. The lowest BCUT2D eigenvalue weighted by Gasteiger charge is -2.09. The molecule has 2 aromatic carbocycles. The first-order valence-electron chi connectivity index (χ1n) is 9.51. The number of rotatable bonds is 4. The van der Waals surface area contributed by atoms with E-state index >= 15 is 0 Å². The molecule has 146 valence electrons. The van der Waals surface area contributed by atoms with Gasteiger partial charge in [0, 0.05) is 17.4 Å². The molecule has 4 aromatic rings. The van der Waals surface area contributed by atoms with Crippen LogP contribution >= 0.6 is 0 Å². The Morgan fingerprint density at radius 2 is 1.86 bits per heavy atom. The van der Waals surface area contributed by atoms with Crippen LogP contribution in [0.5, 0.6) is 0 Å². The first-order chi connectivity index (χ1) is 13.9. The minimum atomic E-state index is -0.257. The predicted molar refractivity (Wildman–Crippen MR) is 114 cm³/mol. The highest BCUT2D eigenvalue weighted by atomic mass is 19.1. The summed E-state index contributed by atoms with van der Waals surface area (Å²) < 4.78 is 15.7. The Bertz CT molecular complexity index is 1230. The summed E-state index contributed by atoms with van der Waals surface area (Å²) in [5.41, 5.74) is 6.48. The second-order valence-corrected chi connectivity index (χ2v) is 7.40. The Kier molecular flexibility index (Phi) is 4.89. The van der Waals surface area contributed by atoms with E-state index in [0.29, 0.717) is 11.3 Å². The van der Waals surface area contributed by atoms with E-state index in [0.717, 1.165) is 33.7 Å². The van der Waals surface area contributed by atoms with Crippen LogP contribution in [0.4, 0.5) is 10.1 Å². The van der Waals surface area contributed by atoms with Gasteiger partial charge in [-0.25, -0.2) is 9.37 Å². The molecule has 0 aliphatic carbocycles. The molecule has 0 aliphatic heterocycles. The molecule has 0 spiro atoms. The van der Waals surface area contributed by atoms with E-state index in [9.17, 15) is 9.18 Å². The van der Waals surface area contributed by atoms with Crippen molar-refractivity contribution in [3.8, 4) is 11.3 Å². The highest BCUT2D eigenvalue weighted by molar-refractivity contribution is 5.93. The van der Waals surface area contributed by atoms with Gasteiger partial charge in [-0.15, -0.1) is 0 Å². The molecule has 1 amide bonds. The summed E-state index contributed by atoms with van der Waals surface area (Å²) in [6.07, 6.45) is 2.13. The third-order valence-electron chi connectivity index (χ3n) is 4.93. The van der Waals surface area contributed by atoms with E-state index in [1.54, 1.807) is 19.1 Å². The fourth-order valence-corrected chi connectivity index (χ4v) is 3.47. The van der Waals surface area contributed by atoms with Crippen molar-refractivity contribution in [2.45, 2.75) is 27.2 Å². The number of carbonyl (C=O) groups is 1. The number of aryl methyl sites for hydroxylation is 3. The van der Waals surface area contributed by atoms with Gasteiger partial charge in [-0.2, -0.15) is 0 Å². The second-order valence-electron chi connectivity index (χ2n) is 7.40. The summed E-state index contributed by atoms with van der Waals surface area (Å²) in [7, 11) is 0. The lowest BCUT2D eigenvalue weighted by atomic mass is 10.1. The molecule has 0 fully saturated rings. The molecule has 0 bridgehead atoms. The van der Waals surface area contributed by atoms with Crippen LogP contribution in [-0.4, -0.2) is 15.3 Å². The fourth-order valence-electron chi connectivity index (χ4n) is 3.47. The molecule has 29 heavy (non-hydrogen) atoms. The van der Waals surface area contributed by atoms with Gasteiger partial charge in [0.25, 0.3) is 0 Å². The summed E-state index contributed by atoms with van der Waals surface area (Å²) in [4.78, 5) is 17.5. The number of aromatic nitrogens is 2. The first kappa shape index (κ1) is 18.9. The molecule has 2 heterocycles. The number of fused-ring (bicyclic) bond motifs is 1. The molecule has 4 nitrogen and oxygen atoms in total. The third-order valence-corrected chi connectivity index (χ3v) is 4.93. The molecule has 0 saturated carbocycles. The maximum absolute atomic E-state index is 13.8. The monoisotopic (exact) mass is 387 g/mol. The van der Waals surface area contributed by atoms with Crippen molar-refractivity contribution >= 4 is 17.2 Å². The van der Waals surface area contributed by atoms with Gasteiger partial charge >= 0.3 is 0 Å². The molecule has 0 atom stereocenters. The molecule has 0 aliphatic rings. The zero-order chi connectivity index (χ0) is 20.5. The van der Waals surface area contributed by atoms with Crippen molar-refractivity contribution in [2.24, 2.45) is 0 Å². The van der Waals surface area contributed by atoms with Crippen molar-refractivity contribution in [3.63, 3.8) is 0 Å². The third kappa shape index (κ3) is 3.90. The van der Waals surface area contributed by atoms with E-state index in [1.807, 2.05) is 60.8 Å². The summed E-state index contributed by atoms with van der Waals surface area (Å²) in [6, 6.07) is 16.5. The fraction of sp³-hybridized carbons (Fsp3) is 0.167. The maximum Gasteiger partial charge on any atom is 0.230 e. The number of amides is 1. The molecule has 0 saturated heterocycles. The summed E-state index contributed by atoms with van der Waals surface area (Å²) in [6.45, 7) is 5.71. The van der Waals surface area contributed by atoms with Gasteiger partial charge < -0.3 is 9.72 Å². The van der Waals surface area contributed by atoms with Gasteiger partial charge in [0.2, 0.25) is 5.91 Å². The Balaban J connectivity index is 1.75. The summed E-state index contributed by atoms with van der Waals surface area (Å²) in [5.74, 6) is -0.383. The standard InChI is InChI=1S/C24H22FN3O/c1-15-5-4-6-19(11-15)26-23(29)13-21-24(18-8-9-20(25)17(3)12-18)27-22-10-7-16(2)14-28(21)22/h4-12,14H,13H2,1-3H3,(H,26,29). The van der Waals surface area contributed by atoms with Gasteiger partial charge in [0.1, 0.15) is 11.5 Å². The van der Waals surface area contributed by atoms with Crippen LogP contribution < -0.4 is 5.32 Å². The minimum absolute atomic E-state index is 0.126. The van der Waals surface area contributed by atoms with E-state index in [4.69, 9.17) is 4.98 Å². The van der Waals surface area contributed by atoms with Crippen LogP contribution in [0.3, 0.4) is 0 Å². The van der Waals surface area contributed by atoms with Gasteiger partial charge in [-0.05, 0) is 73.9 Å². The minimum Gasteiger partial charge on any atom is -0.326 e. The van der Waals surface area contributed by atoms with Crippen LogP contribution in [0, 0.1) is 26.6 Å². The summed E-state index contributed by atoms with van der Waals surface area (Å²) >= 11 is 0. The number of pyridine rings is 1.